The van der Waals surface area contributed by atoms with Gasteiger partial charge in [0.25, 0.3) is 5.91 Å². The number of carbonyl (C=O) groups is 3. The van der Waals surface area contributed by atoms with E-state index in [0.29, 0.717) is 6.54 Å². The lowest BCUT2D eigenvalue weighted by atomic mass is 9.98. The molecule has 8 nitrogen and oxygen atoms in total. The van der Waals surface area contributed by atoms with Crippen LogP contribution in [0.4, 0.5) is 4.79 Å². The van der Waals surface area contributed by atoms with Gasteiger partial charge >= 0.3 is 12.1 Å². The zero-order chi connectivity index (χ0) is 23.1. The van der Waals surface area contributed by atoms with Crippen molar-refractivity contribution in [1.82, 2.24) is 10.2 Å². The molecule has 0 bridgehead atoms. The molecule has 0 fully saturated rings. The molecule has 1 aliphatic rings. The Hall–Kier alpha value is -3.39. The third-order valence-corrected chi connectivity index (χ3v) is 5.62. The second kappa shape index (κ2) is 10.8. The molecule has 2 amide bonds. The van der Waals surface area contributed by atoms with Gasteiger partial charge in [-0.1, -0.05) is 48.5 Å². The first-order valence-corrected chi connectivity index (χ1v) is 10.6. The molecule has 2 N–H and O–H groups in total. The Morgan fingerprint density at radius 2 is 1.66 bits per heavy atom. The summed E-state index contributed by atoms with van der Waals surface area (Å²) in [7, 11) is 1.37. The van der Waals surface area contributed by atoms with E-state index in [2.05, 4.69) is 17.4 Å². The van der Waals surface area contributed by atoms with Crippen molar-refractivity contribution in [1.29, 1.82) is 0 Å². The Labute approximate surface area is 187 Å². The number of methoxy groups -OCH3 is 1. The maximum absolute atomic E-state index is 12.6. The molecule has 0 radical (unpaired) electrons. The Bertz CT molecular complexity index is 931. The standard InChI is InChI=1S/C24H28N2O6/c1-3-26(13-12-22(27)28)23(29)21(31-2)14-25-24(30)32-15-20-18-10-6-4-8-16(18)17-9-5-7-11-19(17)20/h4-11,20-21H,3,12-15H2,1-2H3,(H,25,30)(H,27,28). The number of nitrogens with zero attached hydrogens (tertiary/aromatic N) is 1. The van der Waals surface area contributed by atoms with Crippen LogP contribution in [-0.2, 0) is 19.1 Å². The summed E-state index contributed by atoms with van der Waals surface area (Å²) in [4.78, 5) is 37.1. The molecule has 8 heteroatoms. The fraction of sp³-hybridized carbons (Fsp3) is 0.375. The van der Waals surface area contributed by atoms with E-state index in [1.807, 2.05) is 36.4 Å². The Balaban J connectivity index is 1.56. The van der Waals surface area contributed by atoms with Gasteiger partial charge in [-0.25, -0.2) is 4.79 Å². The quantitative estimate of drug-likeness (QED) is 0.589. The molecular formula is C24H28N2O6. The van der Waals surface area contributed by atoms with Crippen molar-refractivity contribution < 1.29 is 29.0 Å². The van der Waals surface area contributed by atoms with Crippen LogP contribution in [0.1, 0.15) is 30.4 Å². The van der Waals surface area contributed by atoms with Gasteiger partial charge in [0.2, 0.25) is 0 Å². The SMILES string of the molecule is CCN(CCC(=O)O)C(=O)C(CNC(=O)OCC1c2ccccc2-c2ccccc21)OC. The van der Waals surface area contributed by atoms with Gasteiger partial charge in [0.05, 0.1) is 13.0 Å². The van der Waals surface area contributed by atoms with Gasteiger partial charge in [-0.2, -0.15) is 0 Å². The van der Waals surface area contributed by atoms with Crippen LogP contribution < -0.4 is 5.32 Å². The monoisotopic (exact) mass is 440 g/mol. The van der Waals surface area contributed by atoms with Crippen LogP contribution in [0, 0.1) is 0 Å². The molecule has 0 saturated carbocycles. The van der Waals surface area contributed by atoms with Crippen LogP contribution in [0.15, 0.2) is 48.5 Å². The van der Waals surface area contributed by atoms with E-state index >= 15 is 0 Å². The second-order valence-electron chi connectivity index (χ2n) is 7.49. The first-order valence-electron chi connectivity index (χ1n) is 10.6. The predicted octanol–water partition coefficient (Wildman–Crippen LogP) is 2.86. The highest BCUT2D eigenvalue weighted by Crippen LogP contribution is 2.44. The first-order chi connectivity index (χ1) is 15.5. The molecule has 0 spiro atoms. The number of benzene rings is 2. The number of likely N-dealkylation sites (N-methyl/N-ethyl adjacent to an activating group) is 1. The second-order valence-corrected chi connectivity index (χ2v) is 7.49. The summed E-state index contributed by atoms with van der Waals surface area (Å²) < 4.78 is 10.7. The molecule has 1 aliphatic carbocycles. The van der Waals surface area contributed by atoms with Gasteiger partial charge in [0, 0.05) is 26.1 Å². The van der Waals surface area contributed by atoms with Crippen molar-refractivity contribution in [3.63, 3.8) is 0 Å². The Morgan fingerprint density at radius 3 is 2.19 bits per heavy atom. The third-order valence-electron chi connectivity index (χ3n) is 5.62. The number of amides is 2. The van der Waals surface area contributed by atoms with Crippen molar-refractivity contribution in [3.8, 4) is 11.1 Å². The lowest BCUT2D eigenvalue weighted by Crippen LogP contribution is -2.46. The van der Waals surface area contributed by atoms with Gasteiger partial charge in [-0.3, -0.25) is 9.59 Å². The average molecular weight is 440 g/mol. The van der Waals surface area contributed by atoms with E-state index in [9.17, 15) is 14.4 Å². The van der Waals surface area contributed by atoms with Gasteiger partial charge in [0.15, 0.2) is 6.10 Å². The number of carbonyl (C=O) groups excluding carboxylic acids is 2. The fourth-order valence-electron chi connectivity index (χ4n) is 3.96. The lowest BCUT2D eigenvalue weighted by Gasteiger charge is -2.25. The van der Waals surface area contributed by atoms with Crippen LogP contribution in [0.5, 0.6) is 0 Å². The number of rotatable bonds is 10. The lowest BCUT2D eigenvalue weighted by molar-refractivity contribution is -0.143. The van der Waals surface area contributed by atoms with Crippen molar-refractivity contribution in [2.45, 2.75) is 25.4 Å². The van der Waals surface area contributed by atoms with Crippen molar-refractivity contribution in [3.05, 3.63) is 59.7 Å². The Morgan fingerprint density at radius 1 is 1.06 bits per heavy atom. The van der Waals surface area contributed by atoms with Crippen LogP contribution in [0.3, 0.4) is 0 Å². The summed E-state index contributed by atoms with van der Waals surface area (Å²) in [5.41, 5.74) is 4.51. The molecule has 0 aromatic heterocycles. The van der Waals surface area contributed by atoms with Crippen LogP contribution in [0.25, 0.3) is 11.1 Å². The van der Waals surface area contributed by atoms with Gasteiger partial charge < -0.3 is 24.8 Å². The van der Waals surface area contributed by atoms with Crippen LogP contribution in [-0.4, -0.2) is 67.4 Å². The van der Waals surface area contributed by atoms with E-state index in [4.69, 9.17) is 14.6 Å². The molecule has 170 valence electrons. The smallest absolute Gasteiger partial charge is 0.407 e. The molecule has 2 aromatic rings. The summed E-state index contributed by atoms with van der Waals surface area (Å²) in [6.45, 7) is 2.28. The number of ether oxygens (including phenoxy) is 2. The molecule has 1 atom stereocenters. The molecular weight excluding hydrogens is 412 g/mol. The normalized spacial score (nSPS) is 13.1. The highest BCUT2D eigenvalue weighted by Gasteiger charge is 2.29. The maximum Gasteiger partial charge on any atom is 0.407 e. The van der Waals surface area contributed by atoms with E-state index in [1.165, 1.54) is 12.0 Å². The number of nitrogens with one attached hydrogen (secondary N) is 1. The summed E-state index contributed by atoms with van der Waals surface area (Å²) in [5, 5.41) is 11.4. The summed E-state index contributed by atoms with van der Waals surface area (Å²) in [6.07, 6.45) is -1.73. The van der Waals surface area contributed by atoms with Crippen LogP contribution >= 0.6 is 0 Å². The van der Waals surface area contributed by atoms with E-state index in [-0.39, 0.29) is 37.9 Å². The number of fused-ring (bicyclic) bond motifs is 3. The number of hydrogen-bond acceptors (Lipinski definition) is 5. The Kier molecular flexibility index (Phi) is 7.83. The average Bonchev–Trinajstić information content (AvgIpc) is 3.12. The third kappa shape index (κ3) is 5.26. The van der Waals surface area contributed by atoms with E-state index in [0.717, 1.165) is 22.3 Å². The summed E-state index contributed by atoms with van der Waals surface area (Å²) in [6, 6.07) is 16.1. The molecule has 0 heterocycles. The summed E-state index contributed by atoms with van der Waals surface area (Å²) >= 11 is 0. The van der Waals surface area contributed by atoms with Gasteiger partial charge in [-0.15, -0.1) is 0 Å². The molecule has 2 aromatic carbocycles. The zero-order valence-electron chi connectivity index (χ0n) is 18.2. The van der Waals surface area contributed by atoms with Crippen LogP contribution in [0.2, 0.25) is 0 Å². The number of carboxylic acids is 1. The molecule has 0 aliphatic heterocycles. The highest BCUT2D eigenvalue weighted by atomic mass is 16.5. The number of aliphatic carboxylic acids is 1. The maximum atomic E-state index is 12.6. The number of hydrogen-bond donors (Lipinski definition) is 2. The van der Waals surface area contributed by atoms with E-state index < -0.39 is 18.2 Å². The minimum atomic E-state index is -0.984. The topological polar surface area (TPSA) is 105 Å². The molecule has 32 heavy (non-hydrogen) atoms. The van der Waals surface area contributed by atoms with Gasteiger partial charge in [0.1, 0.15) is 6.61 Å². The number of carboxylic acid groups (broad SMARTS) is 1. The van der Waals surface area contributed by atoms with Crippen molar-refractivity contribution >= 4 is 18.0 Å². The number of alkyl carbamates (subject to hydrolysis) is 1. The highest BCUT2D eigenvalue weighted by molar-refractivity contribution is 5.82. The predicted molar refractivity (Wildman–Crippen MR) is 118 cm³/mol. The minimum absolute atomic E-state index is 0.0559. The zero-order valence-corrected chi connectivity index (χ0v) is 18.2. The van der Waals surface area contributed by atoms with E-state index in [1.54, 1.807) is 6.92 Å². The van der Waals surface area contributed by atoms with Crippen molar-refractivity contribution in [2.75, 3.05) is 33.4 Å². The molecule has 3 rings (SSSR count). The summed E-state index contributed by atoms with van der Waals surface area (Å²) in [5.74, 6) is -1.42. The fourth-order valence-corrected chi connectivity index (χ4v) is 3.96. The largest absolute Gasteiger partial charge is 0.481 e. The minimum Gasteiger partial charge on any atom is -0.481 e. The first kappa shape index (κ1) is 23.3. The van der Waals surface area contributed by atoms with Crippen molar-refractivity contribution in [2.24, 2.45) is 0 Å². The molecule has 0 saturated heterocycles. The van der Waals surface area contributed by atoms with Gasteiger partial charge in [-0.05, 0) is 29.2 Å². The molecule has 1 unspecified atom stereocenters.